The SMILES string of the molecule is CN(C)S(=O)(=O)CCNc1nccc(C#N)c1Cl. The third-order valence-electron chi connectivity index (χ3n) is 2.22. The van der Waals surface area contributed by atoms with Crippen LogP contribution in [0.3, 0.4) is 0 Å². The van der Waals surface area contributed by atoms with Crippen LogP contribution in [0.4, 0.5) is 5.82 Å². The summed E-state index contributed by atoms with van der Waals surface area (Å²) in [6, 6.07) is 3.41. The summed E-state index contributed by atoms with van der Waals surface area (Å²) in [5, 5.41) is 11.8. The van der Waals surface area contributed by atoms with Crippen molar-refractivity contribution < 1.29 is 8.42 Å². The Labute approximate surface area is 111 Å². The monoisotopic (exact) mass is 288 g/mol. The molecule has 1 rings (SSSR count). The molecule has 1 aromatic rings. The Morgan fingerprint density at radius 1 is 1.56 bits per heavy atom. The molecule has 18 heavy (non-hydrogen) atoms. The molecular formula is C10H13ClN4O2S. The topological polar surface area (TPSA) is 86.1 Å². The zero-order valence-corrected chi connectivity index (χ0v) is 11.6. The summed E-state index contributed by atoms with van der Waals surface area (Å²) >= 11 is 5.91. The molecule has 0 aliphatic heterocycles. The predicted molar refractivity (Wildman–Crippen MR) is 69.9 cm³/mol. The maximum atomic E-state index is 11.5. The second-order valence-electron chi connectivity index (χ2n) is 3.66. The van der Waals surface area contributed by atoms with Crippen LogP contribution in [0.2, 0.25) is 5.02 Å². The lowest BCUT2D eigenvalue weighted by Crippen LogP contribution is -2.28. The second-order valence-corrected chi connectivity index (χ2v) is 6.34. The van der Waals surface area contributed by atoms with E-state index in [1.165, 1.54) is 26.4 Å². The van der Waals surface area contributed by atoms with Crippen LogP contribution in [0.25, 0.3) is 0 Å². The van der Waals surface area contributed by atoms with Crippen molar-refractivity contribution in [1.82, 2.24) is 9.29 Å². The molecule has 8 heteroatoms. The van der Waals surface area contributed by atoms with E-state index in [0.29, 0.717) is 11.4 Å². The Kier molecular flexibility index (Phi) is 4.90. The van der Waals surface area contributed by atoms with Crippen LogP contribution in [0.5, 0.6) is 0 Å². The van der Waals surface area contributed by atoms with E-state index < -0.39 is 10.0 Å². The third-order valence-corrected chi connectivity index (χ3v) is 4.43. The smallest absolute Gasteiger partial charge is 0.215 e. The van der Waals surface area contributed by atoms with Crippen LogP contribution in [0, 0.1) is 11.3 Å². The van der Waals surface area contributed by atoms with Crippen molar-refractivity contribution in [3.8, 4) is 6.07 Å². The summed E-state index contributed by atoms with van der Waals surface area (Å²) in [6.07, 6.45) is 1.44. The molecule has 98 valence electrons. The van der Waals surface area contributed by atoms with Gasteiger partial charge in [-0.05, 0) is 6.07 Å². The number of rotatable bonds is 5. The number of nitriles is 1. The molecule has 6 nitrogen and oxygen atoms in total. The zero-order chi connectivity index (χ0) is 13.8. The number of aromatic nitrogens is 1. The van der Waals surface area contributed by atoms with Crippen LogP contribution < -0.4 is 5.32 Å². The summed E-state index contributed by atoms with van der Waals surface area (Å²) < 4.78 is 24.2. The van der Waals surface area contributed by atoms with Gasteiger partial charge in [0.2, 0.25) is 10.0 Å². The quantitative estimate of drug-likeness (QED) is 0.870. The first-order valence-corrected chi connectivity index (χ1v) is 7.06. The minimum Gasteiger partial charge on any atom is -0.368 e. The van der Waals surface area contributed by atoms with Gasteiger partial charge in [-0.2, -0.15) is 5.26 Å². The first-order chi connectivity index (χ1) is 8.38. The Bertz CT molecular complexity index is 566. The molecule has 0 fully saturated rings. The van der Waals surface area contributed by atoms with E-state index in [2.05, 4.69) is 10.3 Å². The van der Waals surface area contributed by atoms with Crippen LogP contribution in [-0.2, 0) is 10.0 Å². The van der Waals surface area contributed by atoms with Crippen LogP contribution in [0.15, 0.2) is 12.3 Å². The van der Waals surface area contributed by atoms with Crippen molar-refractivity contribution in [2.75, 3.05) is 31.7 Å². The summed E-state index contributed by atoms with van der Waals surface area (Å²) in [5.74, 6) is 0.235. The lowest BCUT2D eigenvalue weighted by Gasteiger charge is -2.12. The zero-order valence-electron chi connectivity index (χ0n) is 10.0. The average Bonchev–Trinajstić information content (AvgIpc) is 2.31. The van der Waals surface area contributed by atoms with Gasteiger partial charge in [0.1, 0.15) is 16.9 Å². The lowest BCUT2D eigenvalue weighted by atomic mass is 10.3. The van der Waals surface area contributed by atoms with Gasteiger partial charge in [-0.3, -0.25) is 0 Å². The maximum absolute atomic E-state index is 11.5. The fourth-order valence-electron chi connectivity index (χ4n) is 1.13. The molecule has 0 aromatic carbocycles. The fraction of sp³-hybridized carbons (Fsp3) is 0.400. The van der Waals surface area contributed by atoms with Crippen LogP contribution >= 0.6 is 11.6 Å². The number of sulfonamides is 1. The van der Waals surface area contributed by atoms with Gasteiger partial charge in [-0.25, -0.2) is 17.7 Å². The largest absolute Gasteiger partial charge is 0.368 e. The highest BCUT2D eigenvalue weighted by Crippen LogP contribution is 2.22. The van der Waals surface area contributed by atoms with Gasteiger partial charge in [-0.1, -0.05) is 11.6 Å². The van der Waals surface area contributed by atoms with E-state index in [0.717, 1.165) is 4.31 Å². The Morgan fingerprint density at radius 3 is 2.78 bits per heavy atom. The summed E-state index contributed by atoms with van der Waals surface area (Å²) in [6.45, 7) is 0.169. The van der Waals surface area contributed by atoms with Crippen LogP contribution in [-0.4, -0.2) is 44.1 Å². The number of hydrogen-bond donors (Lipinski definition) is 1. The van der Waals surface area contributed by atoms with Gasteiger partial charge < -0.3 is 5.32 Å². The van der Waals surface area contributed by atoms with Crippen molar-refractivity contribution in [2.24, 2.45) is 0 Å². The molecular weight excluding hydrogens is 276 g/mol. The lowest BCUT2D eigenvalue weighted by molar-refractivity contribution is 0.521. The van der Waals surface area contributed by atoms with Crippen molar-refractivity contribution in [1.29, 1.82) is 5.26 Å². The summed E-state index contributed by atoms with van der Waals surface area (Å²) in [7, 11) is -0.324. The van der Waals surface area contributed by atoms with Crippen LogP contribution in [0.1, 0.15) is 5.56 Å². The standard InChI is InChI=1S/C10H13ClN4O2S/c1-15(2)18(16,17)6-5-14-10-9(11)8(7-12)3-4-13-10/h3-4H,5-6H2,1-2H3,(H,13,14). The van der Waals surface area contributed by atoms with Gasteiger partial charge in [-0.15, -0.1) is 0 Å². The molecule has 1 N–H and O–H groups in total. The minimum absolute atomic E-state index is 0.0746. The number of nitrogens with zero attached hydrogens (tertiary/aromatic N) is 3. The molecule has 0 aliphatic rings. The number of hydrogen-bond acceptors (Lipinski definition) is 5. The molecule has 0 radical (unpaired) electrons. The van der Waals surface area contributed by atoms with Crippen molar-refractivity contribution in [3.63, 3.8) is 0 Å². The molecule has 0 amide bonds. The molecule has 0 spiro atoms. The number of nitrogens with one attached hydrogen (secondary N) is 1. The molecule has 0 unspecified atom stereocenters. The third kappa shape index (κ3) is 3.57. The highest BCUT2D eigenvalue weighted by atomic mass is 35.5. The molecule has 1 aromatic heterocycles. The van der Waals surface area contributed by atoms with Gasteiger partial charge in [0.05, 0.1) is 11.3 Å². The Morgan fingerprint density at radius 2 is 2.22 bits per heavy atom. The Balaban J connectivity index is 2.69. The molecule has 0 bridgehead atoms. The van der Waals surface area contributed by atoms with E-state index in [4.69, 9.17) is 16.9 Å². The second kappa shape index (κ2) is 6.00. The predicted octanol–water partition coefficient (Wildman–Crippen LogP) is 0.910. The van der Waals surface area contributed by atoms with Gasteiger partial charge in [0, 0.05) is 26.8 Å². The minimum atomic E-state index is -3.26. The molecule has 0 saturated heterocycles. The van der Waals surface area contributed by atoms with E-state index >= 15 is 0 Å². The Hall–Kier alpha value is -1.36. The normalized spacial score (nSPS) is 11.3. The molecule has 0 saturated carbocycles. The van der Waals surface area contributed by atoms with E-state index in [1.807, 2.05) is 6.07 Å². The first-order valence-electron chi connectivity index (χ1n) is 5.07. The van der Waals surface area contributed by atoms with E-state index in [-0.39, 0.29) is 17.3 Å². The number of pyridine rings is 1. The van der Waals surface area contributed by atoms with E-state index in [1.54, 1.807) is 0 Å². The fourth-order valence-corrected chi connectivity index (χ4v) is 2.08. The first kappa shape index (κ1) is 14.7. The van der Waals surface area contributed by atoms with E-state index in [9.17, 15) is 8.42 Å². The van der Waals surface area contributed by atoms with Gasteiger partial charge in [0.15, 0.2) is 0 Å². The van der Waals surface area contributed by atoms with Crippen molar-refractivity contribution in [3.05, 3.63) is 22.8 Å². The van der Waals surface area contributed by atoms with Crippen molar-refractivity contribution >= 4 is 27.4 Å². The van der Waals surface area contributed by atoms with Crippen molar-refractivity contribution in [2.45, 2.75) is 0 Å². The van der Waals surface area contributed by atoms with Gasteiger partial charge in [0.25, 0.3) is 0 Å². The molecule has 1 heterocycles. The number of anilines is 1. The molecule has 0 atom stereocenters. The number of halogens is 1. The average molecular weight is 289 g/mol. The summed E-state index contributed by atoms with van der Waals surface area (Å²) in [4.78, 5) is 3.95. The summed E-state index contributed by atoms with van der Waals surface area (Å²) in [5.41, 5.74) is 0.296. The highest BCUT2D eigenvalue weighted by Gasteiger charge is 2.13. The highest BCUT2D eigenvalue weighted by molar-refractivity contribution is 7.89. The maximum Gasteiger partial charge on any atom is 0.215 e. The molecule has 0 aliphatic carbocycles. The van der Waals surface area contributed by atoms with Gasteiger partial charge >= 0.3 is 0 Å².